The molecule has 1 heterocycles. The van der Waals surface area contributed by atoms with Crippen LogP contribution in [0.2, 0.25) is 5.02 Å². The second kappa shape index (κ2) is 6.20. The van der Waals surface area contributed by atoms with Gasteiger partial charge < -0.3 is 9.88 Å². The molecule has 0 bridgehead atoms. The van der Waals surface area contributed by atoms with Gasteiger partial charge in [-0.3, -0.25) is 0 Å². The first-order chi connectivity index (χ1) is 10.2. The van der Waals surface area contributed by atoms with Gasteiger partial charge in [0.05, 0.1) is 5.02 Å². The fraction of sp³-hybridized carbons (Fsp3) is 0.412. The van der Waals surface area contributed by atoms with Crippen molar-refractivity contribution in [1.29, 1.82) is 0 Å². The van der Waals surface area contributed by atoms with E-state index in [1.807, 2.05) is 12.3 Å². The van der Waals surface area contributed by atoms with Crippen LogP contribution in [0, 0.1) is 11.7 Å². The van der Waals surface area contributed by atoms with E-state index in [0.29, 0.717) is 12.6 Å². The fourth-order valence-electron chi connectivity index (χ4n) is 2.82. The Balaban J connectivity index is 1.76. The Labute approximate surface area is 129 Å². The maximum absolute atomic E-state index is 13.5. The normalized spacial score (nSPS) is 16.1. The fourth-order valence-corrected chi connectivity index (χ4v) is 3.00. The highest BCUT2D eigenvalue weighted by Gasteiger charge is 2.32. The minimum absolute atomic E-state index is 0.221. The van der Waals surface area contributed by atoms with Gasteiger partial charge in [-0.25, -0.2) is 4.39 Å². The Morgan fingerprint density at radius 1 is 1.38 bits per heavy atom. The van der Waals surface area contributed by atoms with Gasteiger partial charge in [0.15, 0.2) is 0 Å². The highest BCUT2D eigenvalue weighted by atomic mass is 35.5. The number of nitrogens with zero attached hydrogens (tertiary/aromatic N) is 1. The van der Waals surface area contributed by atoms with Crippen LogP contribution in [0.25, 0.3) is 0 Å². The Morgan fingerprint density at radius 3 is 2.90 bits per heavy atom. The minimum Gasteiger partial charge on any atom is -0.350 e. The maximum Gasteiger partial charge on any atom is 0.142 e. The monoisotopic (exact) mass is 306 g/mol. The number of halogens is 2. The van der Waals surface area contributed by atoms with Crippen molar-refractivity contribution in [3.05, 3.63) is 58.6 Å². The molecule has 1 saturated carbocycles. The van der Waals surface area contributed by atoms with E-state index in [2.05, 4.69) is 29.1 Å². The van der Waals surface area contributed by atoms with Gasteiger partial charge in [-0.2, -0.15) is 0 Å². The molecular formula is C17H20ClFN2. The number of aromatic nitrogens is 1. The summed E-state index contributed by atoms with van der Waals surface area (Å²) in [6, 6.07) is 7.56. The van der Waals surface area contributed by atoms with E-state index in [4.69, 9.17) is 11.6 Å². The molecule has 0 amide bonds. The molecule has 1 atom stereocenters. The lowest BCUT2D eigenvalue weighted by atomic mass is 10.1. The lowest BCUT2D eigenvalue weighted by Crippen LogP contribution is -2.22. The second-order valence-electron chi connectivity index (χ2n) is 5.70. The van der Waals surface area contributed by atoms with Crippen LogP contribution in [-0.4, -0.2) is 11.1 Å². The smallest absolute Gasteiger partial charge is 0.142 e. The number of hydrogen-bond acceptors (Lipinski definition) is 1. The van der Waals surface area contributed by atoms with E-state index in [0.717, 1.165) is 18.0 Å². The molecule has 112 valence electrons. The summed E-state index contributed by atoms with van der Waals surface area (Å²) in [7, 11) is 0. The van der Waals surface area contributed by atoms with Gasteiger partial charge in [0, 0.05) is 25.0 Å². The zero-order valence-corrected chi connectivity index (χ0v) is 12.9. The summed E-state index contributed by atoms with van der Waals surface area (Å²) in [4.78, 5) is 0. The molecule has 2 aromatic rings. The molecule has 1 aliphatic carbocycles. The van der Waals surface area contributed by atoms with Crippen LogP contribution in [0.4, 0.5) is 4.39 Å². The van der Waals surface area contributed by atoms with E-state index in [1.165, 1.54) is 24.5 Å². The average molecular weight is 307 g/mol. The van der Waals surface area contributed by atoms with Crippen LogP contribution >= 0.6 is 11.6 Å². The Kier molecular flexibility index (Phi) is 4.32. The number of hydrogen-bond donors (Lipinski definition) is 1. The Bertz CT molecular complexity index is 619. The molecule has 1 unspecified atom stereocenters. The minimum atomic E-state index is -0.356. The molecule has 1 aromatic heterocycles. The third-order valence-corrected chi connectivity index (χ3v) is 4.46. The van der Waals surface area contributed by atoms with Crippen molar-refractivity contribution < 1.29 is 4.39 Å². The summed E-state index contributed by atoms with van der Waals surface area (Å²) in [6.07, 6.45) is 6.80. The van der Waals surface area contributed by atoms with Crippen LogP contribution < -0.4 is 5.32 Å². The van der Waals surface area contributed by atoms with Gasteiger partial charge in [0.1, 0.15) is 5.82 Å². The molecule has 0 radical (unpaired) electrons. The predicted molar refractivity (Wildman–Crippen MR) is 84.1 cm³/mol. The number of nitrogens with one attached hydrogen (secondary N) is 1. The number of benzene rings is 1. The van der Waals surface area contributed by atoms with E-state index in [-0.39, 0.29) is 10.8 Å². The molecule has 3 rings (SSSR count). The van der Waals surface area contributed by atoms with Gasteiger partial charge >= 0.3 is 0 Å². The van der Waals surface area contributed by atoms with Crippen LogP contribution in [0.5, 0.6) is 0 Å². The van der Waals surface area contributed by atoms with Gasteiger partial charge in [0.2, 0.25) is 0 Å². The molecule has 1 fully saturated rings. The van der Waals surface area contributed by atoms with Crippen molar-refractivity contribution in [2.75, 3.05) is 6.54 Å². The zero-order chi connectivity index (χ0) is 14.8. The lowest BCUT2D eigenvalue weighted by Gasteiger charge is -2.15. The lowest BCUT2D eigenvalue weighted by molar-refractivity contribution is 0.495. The molecule has 1 aliphatic rings. The molecule has 1 aromatic carbocycles. The summed E-state index contributed by atoms with van der Waals surface area (Å²) >= 11 is 6.02. The van der Waals surface area contributed by atoms with Crippen molar-refractivity contribution in [2.45, 2.75) is 32.4 Å². The first-order valence-corrected chi connectivity index (χ1v) is 7.88. The molecule has 1 N–H and O–H groups in total. The van der Waals surface area contributed by atoms with Crippen molar-refractivity contribution in [2.24, 2.45) is 5.92 Å². The highest BCUT2D eigenvalue weighted by Crippen LogP contribution is 2.41. The first-order valence-electron chi connectivity index (χ1n) is 7.51. The molecule has 2 nitrogen and oxygen atoms in total. The van der Waals surface area contributed by atoms with Gasteiger partial charge in [-0.15, -0.1) is 0 Å². The van der Waals surface area contributed by atoms with Gasteiger partial charge in [-0.05, 0) is 48.6 Å². The van der Waals surface area contributed by atoms with Crippen LogP contribution in [0.3, 0.4) is 0 Å². The molecule has 0 spiro atoms. The molecule has 0 saturated heterocycles. The standard InChI is InChI=1S/C17H20ClFN2/c1-2-20-17(12-6-7-12)14-8-9-21(11-14)10-13-4-3-5-15(19)16(13)18/h3-5,8-9,11-12,17,20H,2,6-7,10H2,1H3. The molecule has 21 heavy (non-hydrogen) atoms. The van der Waals surface area contributed by atoms with Crippen LogP contribution in [-0.2, 0) is 6.54 Å². The van der Waals surface area contributed by atoms with E-state index < -0.39 is 0 Å². The van der Waals surface area contributed by atoms with Crippen molar-refractivity contribution in [3.8, 4) is 0 Å². The average Bonchev–Trinajstić information content (AvgIpc) is 3.21. The third kappa shape index (κ3) is 3.30. The van der Waals surface area contributed by atoms with Crippen LogP contribution in [0.15, 0.2) is 36.7 Å². The SMILES string of the molecule is CCNC(c1ccn(Cc2cccc(F)c2Cl)c1)C1CC1. The van der Waals surface area contributed by atoms with E-state index in [9.17, 15) is 4.39 Å². The first kappa shape index (κ1) is 14.6. The van der Waals surface area contributed by atoms with Crippen molar-refractivity contribution in [3.63, 3.8) is 0 Å². The Hall–Kier alpha value is -1.32. The van der Waals surface area contributed by atoms with Crippen molar-refractivity contribution >= 4 is 11.6 Å². The molecule has 4 heteroatoms. The van der Waals surface area contributed by atoms with Gasteiger partial charge in [-0.1, -0.05) is 30.7 Å². The largest absolute Gasteiger partial charge is 0.350 e. The number of rotatable bonds is 6. The van der Waals surface area contributed by atoms with E-state index in [1.54, 1.807) is 6.07 Å². The molecule has 0 aliphatic heterocycles. The third-order valence-electron chi connectivity index (χ3n) is 4.03. The molecular weight excluding hydrogens is 287 g/mol. The summed E-state index contributed by atoms with van der Waals surface area (Å²) in [6.45, 7) is 3.71. The van der Waals surface area contributed by atoms with Crippen LogP contribution in [0.1, 0.15) is 36.9 Å². The Morgan fingerprint density at radius 2 is 2.19 bits per heavy atom. The summed E-state index contributed by atoms with van der Waals surface area (Å²) < 4.78 is 15.6. The quantitative estimate of drug-likeness (QED) is 0.837. The zero-order valence-electron chi connectivity index (χ0n) is 12.2. The summed E-state index contributed by atoms with van der Waals surface area (Å²) in [5.41, 5.74) is 2.12. The topological polar surface area (TPSA) is 17.0 Å². The predicted octanol–water partition coefficient (Wildman–Crippen LogP) is 4.39. The van der Waals surface area contributed by atoms with Crippen molar-refractivity contribution in [1.82, 2.24) is 9.88 Å². The highest BCUT2D eigenvalue weighted by molar-refractivity contribution is 6.31. The maximum atomic E-state index is 13.5. The summed E-state index contributed by atoms with van der Waals surface area (Å²) in [5.74, 6) is 0.406. The van der Waals surface area contributed by atoms with E-state index >= 15 is 0 Å². The summed E-state index contributed by atoms with van der Waals surface area (Å²) in [5, 5.41) is 3.78. The second-order valence-corrected chi connectivity index (χ2v) is 6.08. The van der Waals surface area contributed by atoms with Gasteiger partial charge in [0.25, 0.3) is 0 Å².